The first-order valence-corrected chi connectivity index (χ1v) is 4.81. The summed E-state index contributed by atoms with van der Waals surface area (Å²) in [5.74, 6) is -2.87. The van der Waals surface area contributed by atoms with E-state index in [4.69, 9.17) is 0 Å². The summed E-state index contributed by atoms with van der Waals surface area (Å²) in [6.45, 7) is -0.328. The molecule has 1 N–H and O–H groups in total. The van der Waals surface area contributed by atoms with Gasteiger partial charge in [-0.2, -0.15) is 0 Å². The van der Waals surface area contributed by atoms with E-state index in [1.807, 2.05) is 0 Å². The van der Waals surface area contributed by atoms with Crippen molar-refractivity contribution in [1.29, 1.82) is 0 Å². The fourth-order valence-electron chi connectivity index (χ4n) is 1.17. The second-order valence-electron chi connectivity index (χ2n) is 3.23. The van der Waals surface area contributed by atoms with E-state index in [0.29, 0.717) is 0 Å². The lowest BCUT2D eigenvalue weighted by molar-refractivity contribution is -0.141. The monoisotopic (exact) mass is 243 g/mol. The highest BCUT2D eigenvalue weighted by molar-refractivity contribution is 5.83. The summed E-state index contributed by atoms with van der Waals surface area (Å²) < 4.78 is 30.6. The number of nitrogens with one attached hydrogen (secondary N) is 1. The molecular weight excluding hydrogens is 232 g/mol. The third-order valence-electron chi connectivity index (χ3n) is 2.06. The van der Waals surface area contributed by atoms with E-state index in [0.717, 1.165) is 12.1 Å². The molecule has 6 heteroatoms. The topological polar surface area (TPSA) is 55.4 Å². The summed E-state index contributed by atoms with van der Waals surface area (Å²) in [5, 5.41) is 2.19. The molecule has 1 amide bonds. The predicted octanol–water partition coefficient (Wildman–Crippen LogP) is 0.796. The van der Waals surface area contributed by atoms with Crippen molar-refractivity contribution in [2.45, 2.75) is 6.42 Å². The zero-order valence-electron chi connectivity index (χ0n) is 9.13. The quantitative estimate of drug-likeness (QED) is 0.796. The van der Waals surface area contributed by atoms with Crippen LogP contribution in [-0.2, 0) is 20.7 Å². The largest absolute Gasteiger partial charge is 0.468 e. The Kier molecular flexibility index (Phi) is 4.56. The fourth-order valence-corrected chi connectivity index (χ4v) is 1.17. The van der Waals surface area contributed by atoms with Crippen molar-refractivity contribution in [2.75, 3.05) is 13.7 Å². The number of esters is 1. The van der Waals surface area contributed by atoms with E-state index in [1.54, 1.807) is 0 Å². The second-order valence-corrected chi connectivity index (χ2v) is 3.23. The number of halogens is 2. The van der Waals surface area contributed by atoms with E-state index in [2.05, 4.69) is 10.1 Å². The summed E-state index contributed by atoms with van der Waals surface area (Å²) in [6, 6.07) is 3.33. The zero-order chi connectivity index (χ0) is 12.8. The van der Waals surface area contributed by atoms with E-state index in [9.17, 15) is 18.4 Å². The van der Waals surface area contributed by atoms with Crippen LogP contribution in [0.25, 0.3) is 0 Å². The highest BCUT2D eigenvalue weighted by Crippen LogP contribution is 2.12. The van der Waals surface area contributed by atoms with Gasteiger partial charge in [-0.25, -0.2) is 8.78 Å². The lowest BCUT2D eigenvalue weighted by Crippen LogP contribution is -2.31. The summed E-state index contributed by atoms with van der Waals surface area (Å²) >= 11 is 0. The molecule has 0 heterocycles. The Balaban J connectivity index is 2.59. The van der Waals surface area contributed by atoms with Gasteiger partial charge in [0.2, 0.25) is 5.91 Å². The van der Waals surface area contributed by atoms with Crippen LogP contribution in [-0.4, -0.2) is 25.5 Å². The van der Waals surface area contributed by atoms with Crippen molar-refractivity contribution in [3.05, 3.63) is 35.4 Å². The summed E-state index contributed by atoms with van der Waals surface area (Å²) in [6.07, 6.45) is -0.463. The maximum atomic E-state index is 13.2. The lowest BCUT2D eigenvalue weighted by atomic mass is 10.1. The molecule has 0 aromatic heterocycles. The lowest BCUT2D eigenvalue weighted by Gasteiger charge is -2.05. The molecule has 0 spiro atoms. The van der Waals surface area contributed by atoms with Crippen molar-refractivity contribution >= 4 is 11.9 Å². The van der Waals surface area contributed by atoms with Gasteiger partial charge in [0, 0.05) is 5.56 Å². The molecule has 1 rings (SSSR count). The van der Waals surface area contributed by atoms with Crippen molar-refractivity contribution in [1.82, 2.24) is 5.32 Å². The molecule has 0 saturated carbocycles. The molecule has 92 valence electrons. The molecular formula is C11H11F2NO3. The standard InChI is InChI=1S/C11H11F2NO3/c1-17-11(16)6-14-10(15)5-7-8(12)3-2-4-9(7)13/h2-4H,5-6H2,1H3,(H,14,15). The molecule has 4 nitrogen and oxygen atoms in total. The van der Waals surface area contributed by atoms with Gasteiger partial charge in [-0.05, 0) is 12.1 Å². The second kappa shape index (κ2) is 5.93. The Labute approximate surface area is 96.6 Å². The van der Waals surface area contributed by atoms with Gasteiger partial charge in [0.15, 0.2) is 0 Å². The Hall–Kier alpha value is -1.98. The average molecular weight is 243 g/mol. The maximum Gasteiger partial charge on any atom is 0.325 e. The van der Waals surface area contributed by atoms with Crippen LogP contribution in [0.2, 0.25) is 0 Å². The number of ether oxygens (including phenoxy) is 1. The molecule has 0 atom stereocenters. The van der Waals surface area contributed by atoms with E-state index < -0.39 is 29.9 Å². The molecule has 0 aliphatic heterocycles. The third-order valence-corrected chi connectivity index (χ3v) is 2.06. The molecule has 1 aromatic rings. The van der Waals surface area contributed by atoms with E-state index in [-0.39, 0.29) is 12.1 Å². The van der Waals surface area contributed by atoms with Gasteiger partial charge >= 0.3 is 5.97 Å². The van der Waals surface area contributed by atoms with Crippen LogP contribution in [0.15, 0.2) is 18.2 Å². The Morgan fingerprint density at radius 3 is 2.41 bits per heavy atom. The molecule has 0 saturated heterocycles. The van der Waals surface area contributed by atoms with Gasteiger partial charge in [-0.1, -0.05) is 6.07 Å². The summed E-state index contributed by atoms with van der Waals surface area (Å²) in [7, 11) is 1.17. The van der Waals surface area contributed by atoms with Crippen molar-refractivity contribution < 1.29 is 23.1 Å². The van der Waals surface area contributed by atoms with Crippen LogP contribution in [0, 0.1) is 11.6 Å². The van der Waals surface area contributed by atoms with Crippen LogP contribution < -0.4 is 5.32 Å². The van der Waals surface area contributed by atoms with Crippen molar-refractivity contribution in [3.63, 3.8) is 0 Å². The number of rotatable bonds is 4. The van der Waals surface area contributed by atoms with Gasteiger partial charge in [0.25, 0.3) is 0 Å². The first kappa shape index (κ1) is 13.1. The first-order valence-electron chi connectivity index (χ1n) is 4.81. The Morgan fingerprint density at radius 2 is 1.88 bits per heavy atom. The molecule has 0 unspecified atom stereocenters. The minimum absolute atomic E-state index is 0.324. The Bertz CT molecular complexity index is 414. The van der Waals surface area contributed by atoms with Gasteiger partial charge in [0.05, 0.1) is 13.5 Å². The first-order chi connectivity index (χ1) is 8.04. The summed E-state index contributed by atoms with van der Waals surface area (Å²) in [4.78, 5) is 22.0. The fraction of sp³-hybridized carbons (Fsp3) is 0.273. The highest BCUT2D eigenvalue weighted by atomic mass is 19.1. The van der Waals surface area contributed by atoms with Gasteiger partial charge in [-0.3, -0.25) is 9.59 Å². The van der Waals surface area contributed by atoms with Crippen LogP contribution in [0.3, 0.4) is 0 Å². The van der Waals surface area contributed by atoms with Gasteiger partial charge < -0.3 is 10.1 Å². The number of hydrogen-bond acceptors (Lipinski definition) is 3. The van der Waals surface area contributed by atoms with Crippen LogP contribution in [0.5, 0.6) is 0 Å². The minimum atomic E-state index is -0.793. The van der Waals surface area contributed by atoms with Crippen LogP contribution >= 0.6 is 0 Å². The maximum absolute atomic E-state index is 13.2. The average Bonchev–Trinajstić information content (AvgIpc) is 2.31. The van der Waals surface area contributed by atoms with Crippen LogP contribution in [0.1, 0.15) is 5.56 Å². The van der Waals surface area contributed by atoms with Crippen molar-refractivity contribution in [3.8, 4) is 0 Å². The van der Waals surface area contributed by atoms with Crippen LogP contribution in [0.4, 0.5) is 8.78 Å². The number of carbonyl (C=O) groups excluding carboxylic acids is 2. The number of methoxy groups -OCH3 is 1. The number of carbonyl (C=O) groups is 2. The molecule has 0 aliphatic carbocycles. The van der Waals surface area contributed by atoms with E-state index >= 15 is 0 Å². The Morgan fingerprint density at radius 1 is 1.29 bits per heavy atom. The van der Waals surface area contributed by atoms with Gasteiger partial charge in [-0.15, -0.1) is 0 Å². The molecule has 0 aliphatic rings. The smallest absolute Gasteiger partial charge is 0.325 e. The number of hydrogen-bond donors (Lipinski definition) is 1. The van der Waals surface area contributed by atoms with E-state index in [1.165, 1.54) is 13.2 Å². The number of amides is 1. The molecule has 0 bridgehead atoms. The predicted molar refractivity (Wildman–Crippen MR) is 55.1 cm³/mol. The molecule has 1 aromatic carbocycles. The minimum Gasteiger partial charge on any atom is -0.468 e. The van der Waals surface area contributed by atoms with Crippen molar-refractivity contribution in [2.24, 2.45) is 0 Å². The highest BCUT2D eigenvalue weighted by Gasteiger charge is 2.13. The SMILES string of the molecule is COC(=O)CNC(=O)Cc1c(F)cccc1F. The zero-order valence-corrected chi connectivity index (χ0v) is 9.13. The molecule has 0 radical (unpaired) electrons. The molecule has 0 fully saturated rings. The summed E-state index contributed by atoms with van der Waals surface area (Å²) in [5.41, 5.74) is -0.324. The normalized spacial score (nSPS) is 9.82. The molecule has 17 heavy (non-hydrogen) atoms. The third kappa shape index (κ3) is 3.82. The number of benzene rings is 1. The van der Waals surface area contributed by atoms with Gasteiger partial charge in [0.1, 0.15) is 18.2 Å².